The second kappa shape index (κ2) is 38.9. The highest BCUT2D eigenvalue weighted by Gasteiger charge is 2.77. The van der Waals surface area contributed by atoms with Crippen LogP contribution in [0.5, 0.6) is 46.0 Å². The van der Waals surface area contributed by atoms with Gasteiger partial charge in [-0.3, -0.25) is 33.6 Å². The number of nitrogens with one attached hydrogen (secondary N) is 3. The van der Waals surface area contributed by atoms with E-state index in [-0.39, 0.29) is 140 Å². The maximum Gasteiger partial charge on any atom is 0.357 e. The Kier molecular flexibility index (Phi) is 27.2. The van der Waals surface area contributed by atoms with Crippen LogP contribution in [0.15, 0.2) is 157 Å². The molecule has 4 fully saturated rings. The van der Waals surface area contributed by atoms with Crippen molar-refractivity contribution in [2.75, 3.05) is 67.5 Å². The molecule has 16 aliphatic rings. The first-order chi connectivity index (χ1) is 70.0. The van der Waals surface area contributed by atoms with Gasteiger partial charge in [0.2, 0.25) is 29.9 Å². The maximum atomic E-state index is 13.7. The number of likely N-dealkylation sites (N-methyl/N-ethyl adjacent to an activating group) is 4. The van der Waals surface area contributed by atoms with Gasteiger partial charge >= 0.3 is 41.8 Å². The molecule has 6 aromatic rings. The number of phenols is 4. The lowest BCUT2D eigenvalue weighted by atomic mass is 9.50. The molecule has 22 rings (SSSR count). The normalized spacial score (nSPS) is 30.2. The number of carboxylic acid groups (broad SMARTS) is 1. The van der Waals surface area contributed by atoms with Gasteiger partial charge in [0.1, 0.15) is 29.1 Å². The number of aliphatic carboxylic acids is 1. The zero-order valence-corrected chi connectivity index (χ0v) is 83.7. The predicted molar refractivity (Wildman–Crippen MR) is 522 cm³/mol. The van der Waals surface area contributed by atoms with Crippen LogP contribution < -0.4 is 34.9 Å². The van der Waals surface area contributed by atoms with E-state index in [1.807, 2.05) is 65.4 Å². The van der Waals surface area contributed by atoms with Crippen molar-refractivity contribution in [2.45, 2.75) is 274 Å². The molecule has 0 saturated carbocycles. The first kappa shape index (κ1) is 103. The van der Waals surface area contributed by atoms with Crippen LogP contribution in [-0.4, -0.2) is 281 Å². The van der Waals surface area contributed by atoms with E-state index in [0.717, 1.165) is 57.6 Å². The molecule has 6 aromatic carbocycles. The van der Waals surface area contributed by atoms with Crippen LogP contribution in [0, 0.1) is 11.8 Å². The number of aromatic hydroxyl groups is 4. The predicted octanol–water partition coefficient (Wildman–Crippen LogP) is 7.28. The van der Waals surface area contributed by atoms with Crippen molar-refractivity contribution in [1.29, 1.82) is 0 Å². The number of carbonyl (C=O) groups excluding carboxylic acids is 9. The lowest BCUT2D eigenvalue weighted by molar-refractivity contribution is -0.176. The molecular formula is C110H127N7O30. The van der Waals surface area contributed by atoms with Gasteiger partial charge in [-0.25, -0.2) is 14.4 Å². The second-order valence-corrected chi connectivity index (χ2v) is 42.6. The number of rotatable bonds is 26. The summed E-state index contributed by atoms with van der Waals surface area (Å²) in [6.45, 7) is 13.2. The van der Waals surface area contributed by atoms with Gasteiger partial charge in [-0.05, 0) is 190 Å². The SMILES string of the molecule is CC(C)C(=O)NCCC(=O)O[C@H](C(=O)OC1=CC[C@@]2(O)[C@H]3Cc4ccc(O)c5c4C2(CCN3C)C1O5)c1ccccc1.CC(C)C(=O)N[C@@H](CC(=O)OC1=CC[C@@]2(O)[C@H]3Cc4ccc(O)c5c4C2(CCN3C)C1O5)C(=O)O.CCCC(=O)O[C@@H](C(=O)OC1=CC[C@@]2(O)[C@H]3Cc4ccc(O)c5c4C2(CCN3C)C1O5)c1ccccc1.C[C@@H](O)CC(=O)NCCC(=O)OC1=CC[C@@]2(O)[C@H]3Cc4ccc(O)c5c4C2(CCN3C)C1O5. The van der Waals surface area contributed by atoms with Crippen LogP contribution >= 0.6 is 0 Å². The number of carbonyl (C=O) groups is 10. The van der Waals surface area contributed by atoms with Gasteiger partial charge in [-0.1, -0.05) is 120 Å². The molecule has 0 aromatic heterocycles. The largest absolute Gasteiger partial charge is 0.504 e. The molecule has 3 amide bonds. The molecule has 8 aliphatic heterocycles. The van der Waals surface area contributed by atoms with Crippen LogP contribution in [0.2, 0.25) is 0 Å². The number of ether oxygens (including phenoxy) is 10. The van der Waals surface area contributed by atoms with E-state index in [1.165, 1.54) is 6.92 Å². The molecule has 37 heteroatoms. The van der Waals surface area contributed by atoms with Gasteiger partial charge in [-0.15, -0.1) is 0 Å². The fourth-order valence-corrected chi connectivity index (χ4v) is 26.6. The van der Waals surface area contributed by atoms with Crippen LogP contribution in [0.4, 0.5) is 0 Å². The molecule has 782 valence electrons. The molecular weight excluding hydrogens is 1900 g/mol. The van der Waals surface area contributed by atoms with Crippen molar-refractivity contribution in [3.8, 4) is 46.0 Å². The summed E-state index contributed by atoms with van der Waals surface area (Å²) in [5, 5.41) is 118. The summed E-state index contributed by atoms with van der Waals surface area (Å²) >= 11 is 0. The first-order valence-corrected chi connectivity index (χ1v) is 50.7. The van der Waals surface area contributed by atoms with Crippen molar-refractivity contribution in [2.24, 2.45) is 11.8 Å². The monoisotopic (exact) mass is 2030 g/mol. The van der Waals surface area contributed by atoms with Gasteiger partial charge in [-0.2, -0.15) is 0 Å². The van der Waals surface area contributed by atoms with E-state index in [1.54, 1.807) is 131 Å². The third-order valence-electron chi connectivity index (χ3n) is 33.7. The molecule has 0 radical (unpaired) electrons. The van der Waals surface area contributed by atoms with E-state index >= 15 is 0 Å². The van der Waals surface area contributed by atoms with Crippen LogP contribution in [0.1, 0.15) is 199 Å². The topological polar surface area (TPSA) is 514 Å². The number of piperidine rings is 4. The zero-order valence-electron chi connectivity index (χ0n) is 83.7. The molecule has 4 saturated heterocycles. The van der Waals surface area contributed by atoms with Crippen LogP contribution in [-0.2, 0) is 124 Å². The number of aliphatic hydroxyl groups is 5. The standard InChI is InChI=1S/C32H36N2O8.C29H31NO7.C25H30N2O8.C24H30N2O7/c1-18(2)29(37)33-15-12-24(36)41-26(19-7-5-4-6-8-19)30(38)40-22-11-13-32(39)23-17-20-9-10-21(35)27-25(20)31(32,28(22)42-27)14-16-34(23)3;1-3-7-22(32)36-24(17-8-5-4-6-9-17)27(33)35-20-12-13-29(34)21-16-18-10-11-19(31)25-23(18)28(29,26(20)37-25)14-15-30(21)2;1-12(2)22(30)26-14(23(31)32)11-18(29)34-16-6-7-25(33)17-10-13-4-5-15(28)20-19(13)24(25,21(16)35-20)8-9-27(17)3;1-13(27)11-18(29)25-9-6-19(30)32-16-5-7-24(31)17-12-14-3-4-15(28)21-20(14)23(24,22(16)33-21)8-10-26(17)2/h4-11,18,23,26,28,35,39H,12-17H2,1-3H3,(H,33,37);4-6,8-12,21,24,26,31,34H,3,7,13-16H2,1-2H3;4-6,12,14,17,21,28,33H,7-11H2,1-3H3,(H,26,30)(H,31,32);3-5,13,17,22,27-28,31H,6-12H2,1-2H3,(H,25,29)/t23-,26+,28?,31?,32-;21-,24-,26?,28?,29-;14-,17+,21?,24?,25+;13-,17-,22?,23?,24-/m1101/s1. The van der Waals surface area contributed by atoms with Gasteiger partial charge in [0, 0.05) is 115 Å². The Morgan fingerprint density at radius 3 is 1.03 bits per heavy atom. The van der Waals surface area contributed by atoms with E-state index in [4.69, 9.17) is 47.4 Å². The van der Waals surface area contributed by atoms with E-state index in [9.17, 15) is 99.0 Å². The minimum Gasteiger partial charge on any atom is -0.504 e. The molecule has 8 unspecified atom stereocenters. The minimum atomic E-state index is -1.43. The fraction of sp³-hybridized carbons (Fsp3) is 0.509. The summed E-state index contributed by atoms with van der Waals surface area (Å²) in [5.74, 6) is -4.75. The number of likely N-dealkylation sites (tertiary alicyclic amines) is 4. The number of hydrogen-bond donors (Lipinski definition) is 13. The summed E-state index contributed by atoms with van der Waals surface area (Å²) in [6, 6.07) is 29.3. The Morgan fingerprint density at radius 2 is 0.714 bits per heavy atom. The van der Waals surface area contributed by atoms with Gasteiger partial charge in [0.15, 0.2) is 70.4 Å². The summed E-state index contributed by atoms with van der Waals surface area (Å²) in [4.78, 5) is 134. The molecule has 8 aliphatic carbocycles. The number of hydrogen-bond acceptors (Lipinski definition) is 33. The fourth-order valence-electron chi connectivity index (χ4n) is 26.6. The third kappa shape index (κ3) is 16.7. The molecule has 8 heterocycles. The average Bonchev–Trinajstić information content (AvgIpc) is 1.54. The van der Waals surface area contributed by atoms with E-state index < -0.39 is 153 Å². The van der Waals surface area contributed by atoms with Gasteiger partial charge in [0.05, 0.1) is 75.9 Å². The highest BCUT2D eigenvalue weighted by atomic mass is 16.6. The lowest BCUT2D eigenvalue weighted by Gasteiger charge is -2.61. The van der Waals surface area contributed by atoms with Crippen molar-refractivity contribution in [3.63, 3.8) is 0 Å². The quantitative estimate of drug-likeness (QED) is 0.0187. The number of amides is 3. The van der Waals surface area contributed by atoms with Crippen LogP contribution in [0.3, 0.4) is 0 Å². The van der Waals surface area contributed by atoms with Crippen molar-refractivity contribution < 1.29 is 146 Å². The molecule has 20 atom stereocenters. The Labute approximate surface area is 848 Å². The van der Waals surface area contributed by atoms with Crippen molar-refractivity contribution >= 4 is 59.5 Å². The summed E-state index contributed by atoms with van der Waals surface area (Å²) in [6.07, 6.45) is 6.01. The number of nitrogens with zero attached hydrogens (tertiary/aromatic N) is 4. The van der Waals surface area contributed by atoms with Crippen molar-refractivity contribution in [3.05, 3.63) is 212 Å². The minimum absolute atomic E-state index is 0.00332. The zero-order chi connectivity index (χ0) is 105. The molecule has 13 N–H and O–H groups in total. The summed E-state index contributed by atoms with van der Waals surface area (Å²) in [5.41, 5.74) is 0.0647. The van der Waals surface area contributed by atoms with Gasteiger partial charge in [0.25, 0.3) is 0 Å². The molecule has 4 spiro atoms. The Bertz CT molecular complexity index is 6440. The second-order valence-electron chi connectivity index (χ2n) is 42.6. The molecule has 147 heavy (non-hydrogen) atoms. The Hall–Kier alpha value is -13.0. The number of carboxylic acids is 1. The first-order valence-electron chi connectivity index (χ1n) is 50.7. The van der Waals surface area contributed by atoms with E-state index in [2.05, 4.69) is 35.6 Å². The van der Waals surface area contributed by atoms with E-state index in [0.29, 0.717) is 117 Å². The van der Waals surface area contributed by atoms with Gasteiger partial charge < -0.3 is 134 Å². The number of esters is 6. The maximum absolute atomic E-state index is 13.7. The number of benzene rings is 6. The third-order valence-corrected chi connectivity index (χ3v) is 33.7. The molecule has 8 bridgehead atoms. The van der Waals surface area contributed by atoms with Crippen LogP contribution in [0.25, 0.3) is 0 Å². The summed E-state index contributed by atoms with van der Waals surface area (Å²) in [7, 11) is 8.00. The number of phenolic OH excluding ortho intramolecular Hbond substituents is 4. The Morgan fingerprint density at radius 1 is 0.401 bits per heavy atom. The smallest absolute Gasteiger partial charge is 0.357 e. The highest BCUT2D eigenvalue weighted by Crippen LogP contribution is 2.71. The van der Waals surface area contributed by atoms with Crippen molar-refractivity contribution in [1.82, 2.24) is 35.6 Å². The molecule has 37 nitrogen and oxygen atoms in total. The average molecular weight is 2030 g/mol. The Balaban J connectivity index is 0.000000124. The lowest BCUT2D eigenvalue weighted by Crippen LogP contribution is -2.74. The highest BCUT2D eigenvalue weighted by molar-refractivity contribution is 5.89. The number of aliphatic hydroxyl groups excluding tert-OH is 1. The summed E-state index contributed by atoms with van der Waals surface area (Å²) < 4.78 is 59.6.